The van der Waals surface area contributed by atoms with Crippen molar-refractivity contribution in [3.05, 3.63) is 66.0 Å². The molecule has 1 atom stereocenters. The first-order chi connectivity index (χ1) is 11.6. The maximum atomic E-state index is 12.1. The second kappa shape index (κ2) is 7.06. The van der Waals surface area contributed by atoms with Crippen LogP contribution in [-0.2, 0) is 4.79 Å². The number of aromatic amines is 1. The number of aryl methyl sites for hydroxylation is 1. The van der Waals surface area contributed by atoms with Gasteiger partial charge in [-0.2, -0.15) is 5.10 Å². The lowest BCUT2D eigenvalue weighted by Gasteiger charge is -2.11. The van der Waals surface area contributed by atoms with E-state index in [1.165, 1.54) is 0 Å². The van der Waals surface area contributed by atoms with Gasteiger partial charge in [0, 0.05) is 11.3 Å². The maximum Gasteiger partial charge on any atom is 0.227 e. The number of hydrogen-bond donors (Lipinski definition) is 3. The molecule has 3 rings (SSSR count). The highest BCUT2D eigenvalue weighted by atomic mass is 16.3. The smallest absolute Gasteiger partial charge is 0.227 e. The van der Waals surface area contributed by atoms with Crippen LogP contribution in [0.5, 0.6) is 0 Å². The number of carbonyl (C=O) groups excluding carboxylic acids is 1. The summed E-state index contributed by atoms with van der Waals surface area (Å²) in [5.74, 6) is 1.12. The quantitative estimate of drug-likeness (QED) is 0.673. The fourth-order valence-corrected chi connectivity index (χ4v) is 2.36. The molecule has 2 aromatic carbocycles. The van der Waals surface area contributed by atoms with E-state index < -0.39 is 6.10 Å². The van der Waals surface area contributed by atoms with Gasteiger partial charge in [0.2, 0.25) is 5.91 Å². The molecule has 1 heterocycles. The second-order valence-electron chi connectivity index (χ2n) is 5.50. The van der Waals surface area contributed by atoms with Crippen LogP contribution in [0, 0.1) is 6.92 Å². The Bertz CT molecular complexity index is 813. The summed E-state index contributed by atoms with van der Waals surface area (Å²) in [6, 6.07) is 16.4. The minimum atomic E-state index is -0.818. The van der Waals surface area contributed by atoms with Gasteiger partial charge in [-0.15, -0.1) is 0 Å². The highest BCUT2D eigenvalue weighted by Crippen LogP contribution is 2.20. The Hall–Kier alpha value is -2.99. The van der Waals surface area contributed by atoms with Crippen LogP contribution in [0.4, 0.5) is 5.69 Å². The fraction of sp³-hybridized carbons (Fsp3) is 0.167. The lowest BCUT2D eigenvalue weighted by atomic mass is 10.1. The number of rotatable bonds is 5. The van der Waals surface area contributed by atoms with Crippen molar-refractivity contribution in [1.82, 2.24) is 15.2 Å². The monoisotopic (exact) mass is 322 g/mol. The SMILES string of the molecule is Cc1nc(-c2ccc(NC(=O)CC(O)c3ccccc3)cc2)n[nH]1. The minimum absolute atomic E-state index is 0.00583. The zero-order valence-corrected chi connectivity index (χ0v) is 13.2. The van der Waals surface area contributed by atoms with Gasteiger partial charge >= 0.3 is 0 Å². The Labute approximate surface area is 139 Å². The van der Waals surface area contributed by atoms with E-state index in [0.717, 1.165) is 17.0 Å². The molecule has 24 heavy (non-hydrogen) atoms. The van der Waals surface area contributed by atoms with Gasteiger partial charge in [-0.1, -0.05) is 30.3 Å². The molecule has 0 aliphatic rings. The molecule has 3 aromatic rings. The normalized spacial score (nSPS) is 11.9. The molecule has 0 radical (unpaired) electrons. The van der Waals surface area contributed by atoms with E-state index in [0.29, 0.717) is 11.5 Å². The number of aliphatic hydroxyl groups excluding tert-OH is 1. The van der Waals surface area contributed by atoms with Crippen LogP contribution in [0.15, 0.2) is 54.6 Å². The fourth-order valence-electron chi connectivity index (χ4n) is 2.36. The van der Waals surface area contributed by atoms with Crippen LogP contribution in [-0.4, -0.2) is 26.2 Å². The zero-order valence-electron chi connectivity index (χ0n) is 13.2. The molecule has 0 spiro atoms. The molecule has 0 saturated carbocycles. The Morgan fingerprint density at radius 2 is 1.88 bits per heavy atom. The molecule has 1 amide bonds. The average molecular weight is 322 g/mol. The highest BCUT2D eigenvalue weighted by molar-refractivity contribution is 5.91. The Morgan fingerprint density at radius 1 is 1.17 bits per heavy atom. The molecule has 122 valence electrons. The number of anilines is 1. The first-order valence-electron chi connectivity index (χ1n) is 7.64. The van der Waals surface area contributed by atoms with Gasteiger partial charge in [-0.3, -0.25) is 9.89 Å². The van der Waals surface area contributed by atoms with Crippen LogP contribution in [0.1, 0.15) is 23.9 Å². The first-order valence-corrected chi connectivity index (χ1v) is 7.64. The van der Waals surface area contributed by atoms with Crippen molar-refractivity contribution >= 4 is 11.6 Å². The Balaban J connectivity index is 1.60. The summed E-state index contributed by atoms with van der Waals surface area (Å²) in [4.78, 5) is 16.3. The van der Waals surface area contributed by atoms with E-state index in [1.54, 1.807) is 24.3 Å². The van der Waals surface area contributed by atoms with Crippen molar-refractivity contribution < 1.29 is 9.90 Å². The first kappa shape index (κ1) is 15.9. The van der Waals surface area contributed by atoms with Crippen molar-refractivity contribution in [2.24, 2.45) is 0 Å². The third kappa shape index (κ3) is 3.85. The third-order valence-electron chi connectivity index (χ3n) is 3.59. The predicted molar refractivity (Wildman–Crippen MR) is 91.2 cm³/mol. The summed E-state index contributed by atoms with van der Waals surface area (Å²) < 4.78 is 0. The summed E-state index contributed by atoms with van der Waals surface area (Å²) in [5.41, 5.74) is 2.25. The van der Waals surface area contributed by atoms with E-state index in [1.807, 2.05) is 37.3 Å². The van der Waals surface area contributed by atoms with Crippen LogP contribution in [0.25, 0.3) is 11.4 Å². The van der Waals surface area contributed by atoms with Crippen molar-refractivity contribution in [1.29, 1.82) is 0 Å². The molecule has 6 nitrogen and oxygen atoms in total. The number of H-pyrrole nitrogens is 1. The summed E-state index contributed by atoms with van der Waals surface area (Å²) >= 11 is 0. The van der Waals surface area contributed by atoms with Crippen LogP contribution in [0.3, 0.4) is 0 Å². The maximum absolute atomic E-state index is 12.1. The third-order valence-corrected chi connectivity index (χ3v) is 3.59. The van der Waals surface area contributed by atoms with Crippen molar-refractivity contribution in [2.45, 2.75) is 19.4 Å². The number of nitrogens with one attached hydrogen (secondary N) is 2. The van der Waals surface area contributed by atoms with Gasteiger partial charge in [0.1, 0.15) is 5.82 Å². The molecule has 1 aromatic heterocycles. The number of amides is 1. The van der Waals surface area contributed by atoms with Gasteiger partial charge < -0.3 is 10.4 Å². The molecule has 0 aliphatic heterocycles. The summed E-state index contributed by atoms with van der Waals surface area (Å²) in [6.07, 6.45) is -0.812. The number of hydrogen-bond acceptors (Lipinski definition) is 4. The van der Waals surface area contributed by atoms with E-state index in [2.05, 4.69) is 20.5 Å². The van der Waals surface area contributed by atoms with E-state index in [9.17, 15) is 9.90 Å². The molecular formula is C18H18N4O2. The Morgan fingerprint density at radius 3 is 2.50 bits per heavy atom. The van der Waals surface area contributed by atoms with Crippen LogP contribution in [0.2, 0.25) is 0 Å². The van der Waals surface area contributed by atoms with Crippen molar-refractivity contribution in [2.75, 3.05) is 5.32 Å². The average Bonchev–Trinajstić information content (AvgIpc) is 3.02. The largest absolute Gasteiger partial charge is 0.388 e. The van der Waals surface area contributed by atoms with Gasteiger partial charge in [0.25, 0.3) is 0 Å². The van der Waals surface area contributed by atoms with Gasteiger partial charge in [-0.25, -0.2) is 4.98 Å². The number of nitrogens with zero attached hydrogens (tertiary/aromatic N) is 2. The second-order valence-corrected chi connectivity index (χ2v) is 5.50. The molecule has 1 unspecified atom stereocenters. The predicted octanol–water partition coefficient (Wildman–Crippen LogP) is 2.84. The van der Waals surface area contributed by atoms with E-state index >= 15 is 0 Å². The molecule has 0 bridgehead atoms. The number of carbonyl (C=O) groups is 1. The number of benzene rings is 2. The molecule has 3 N–H and O–H groups in total. The van der Waals surface area contributed by atoms with Gasteiger partial charge in [-0.05, 0) is 36.8 Å². The van der Waals surface area contributed by atoms with Crippen LogP contribution >= 0.6 is 0 Å². The topological polar surface area (TPSA) is 90.9 Å². The summed E-state index contributed by atoms with van der Waals surface area (Å²) in [6.45, 7) is 1.84. The summed E-state index contributed by atoms with van der Waals surface area (Å²) in [7, 11) is 0. The van der Waals surface area contributed by atoms with Gasteiger partial charge in [0.15, 0.2) is 5.82 Å². The lowest BCUT2D eigenvalue weighted by molar-refractivity contribution is -0.118. The molecule has 6 heteroatoms. The standard InChI is InChI=1S/C18H18N4O2/c1-12-19-18(22-21-12)14-7-9-15(10-8-14)20-17(24)11-16(23)13-5-3-2-4-6-13/h2-10,16,23H,11H2,1H3,(H,20,24)(H,19,21,22). The number of aliphatic hydroxyl groups is 1. The summed E-state index contributed by atoms with van der Waals surface area (Å²) in [5, 5.41) is 19.7. The Kier molecular flexibility index (Phi) is 4.67. The molecule has 0 saturated heterocycles. The lowest BCUT2D eigenvalue weighted by Crippen LogP contribution is -2.15. The van der Waals surface area contributed by atoms with Gasteiger partial charge in [0.05, 0.1) is 12.5 Å². The van der Waals surface area contributed by atoms with Crippen molar-refractivity contribution in [3.63, 3.8) is 0 Å². The zero-order chi connectivity index (χ0) is 16.9. The van der Waals surface area contributed by atoms with Crippen molar-refractivity contribution in [3.8, 4) is 11.4 Å². The molecular weight excluding hydrogens is 304 g/mol. The van der Waals surface area contributed by atoms with E-state index in [4.69, 9.17) is 0 Å². The highest BCUT2D eigenvalue weighted by Gasteiger charge is 2.13. The molecule has 0 fully saturated rings. The molecule has 0 aliphatic carbocycles. The van der Waals surface area contributed by atoms with E-state index in [-0.39, 0.29) is 12.3 Å². The minimum Gasteiger partial charge on any atom is -0.388 e. The van der Waals surface area contributed by atoms with Crippen LogP contribution < -0.4 is 5.32 Å². The number of aromatic nitrogens is 3.